The van der Waals surface area contributed by atoms with Crippen molar-refractivity contribution >= 4 is 5.91 Å². The summed E-state index contributed by atoms with van der Waals surface area (Å²) in [5.41, 5.74) is 4.44. The zero-order chi connectivity index (χ0) is 17.2. The summed E-state index contributed by atoms with van der Waals surface area (Å²) in [6.45, 7) is 0.467. The second-order valence-corrected chi connectivity index (χ2v) is 6.03. The normalized spacial score (nSPS) is 12.2. The molecular weight excluding hydrogens is 316 g/mol. The van der Waals surface area contributed by atoms with Gasteiger partial charge in [-0.25, -0.2) is 0 Å². The first-order valence-electron chi connectivity index (χ1n) is 8.24. The quantitative estimate of drug-likeness (QED) is 0.794. The Morgan fingerprint density at radius 1 is 1.20 bits per heavy atom. The number of carbonyl (C=O) groups is 1. The van der Waals surface area contributed by atoms with Crippen molar-refractivity contribution in [2.45, 2.75) is 19.4 Å². The Kier molecular flexibility index (Phi) is 3.98. The zero-order valence-electron chi connectivity index (χ0n) is 13.9. The van der Waals surface area contributed by atoms with Gasteiger partial charge in [0.1, 0.15) is 5.75 Å². The Balaban J connectivity index is 1.57. The Morgan fingerprint density at radius 2 is 2.04 bits per heavy atom. The van der Waals surface area contributed by atoms with E-state index in [-0.39, 0.29) is 5.91 Å². The summed E-state index contributed by atoms with van der Waals surface area (Å²) in [7, 11) is 1.65. The van der Waals surface area contributed by atoms with E-state index in [2.05, 4.69) is 10.5 Å². The standard InChI is InChI=1S/C20H18N2O3/c1-24-15-8-10-16-14(11-15)7-9-17-18(22-25-19(16)17)20(23)21-12-13-5-3-2-4-6-13/h2-6,8,10-11H,7,9,12H2,1H3,(H,21,23). The van der Waals surface area contributed by atoms with E-state index in [1.807, 2.05) is 48.5 Å². The number of rotatable bonds is 4. The third kappa shape index (κ3) is 2.89. The van der Waals surface area contributed by atoms with E-state index in [4.69, 9.17) is 9.26 Å². The van der Waals surface area contributed by atoms with Crippen LogP contribution in [0.2, 0.25) is 0 Å². The lowest BCUT2D eigenvalue weighted by molar-refractivity contribution is 0.0941. The second kappa shape index (κ2) is 6.43. The van der Waals surface area contributed by atoms with E-state index in [0.717, 1.165) is 40.8 Å². The SMILES string of the molecule is COc1ccc2c(c1)CCc1c(C(=O)NCc3ccccc3)noc1-2. The molecule has 0 unspecified atom stereocenters. The fourth-order valence-electron chi connectivity index (χ4n) is 3.18. The van der Waals surface area contributed by atoms with Gasteiger partial charge in [0.2, 0.25) is 0 Å². The van der Waals surface area contributed by atoms with Gasteiger partial charge in [0.25, 0.3) is 5.91 Å². The molecule has 1 heterocycles. The number of aryl methyl sites for hydroxylation is 1. The molecular formula is C20H18N2O3. The van der Waals surface area contributed by atoms with Crippen molar-refractivity contribution in [1.29, 1.82) is 0 Å². The molecule has 3 aromatic rings. The Bertz CT molecular complexity index is 916. The van der Waals surface area contributed by atoms with Gasteiger partial charge >= 0.3 is 0 Å². The van der Waals surface area contributed by atoms with Crippen LogP contribution in [0.1, 0.15) is 27.2 Å². The minimum atomic E-state index is -0.203. The molecule has 0 aliphatic heterocycles. The van der Waals surface area contributed by atoms with Crippen molar-refractivity contribution in [2.24, 2.45) is 0 Å². The number of amides is 1. The van der Waals surface area contributed by atoms with Crippen LogP contribution in [0.15, 0.2) is 53.1 Å². The van der Waals surface area contributed by atoms with Crippen LogP contribution in [-0.4, -0.2) is 18.2 Å². The number of carbonyl (C=O) groups excluding carboxylic acids is 1. The molecule has 1 aliphatic rings. The van der Waals surface area contributed by atoms with Crippen LogP contribution in [0.25, 0.3) is 11.3 Å². The van der Waals surface area contributed by atoms with Crippen molar-refractivity contribution in [3.05, 3.63) is 70.9 Å². The number of fused-ring (bicyclic) bond motifs is 3. The van der Waals surface area contributed by atoms with E-state index in [1.54, 1.807) is 7.11 Å². The van der Waals surface area contributed by atoms with Crippen LogP contribution in [0.4, 0.5) is 0 Å². The summed E-state index contributed by atoms with van der Waals surface area (Å²) in [5.74, 6) is 1.31. The third-order valence-electron chi connectivity index (χ3n) is 4.50. The average Bonchev–Trinajstić information content (AvgIpc) is 3.11. The summed E-state index contributed by atoms with van der Waals surface area (Å²) in [4.78, 5) is 12.5. The minimum Gasteiger partial charge on any atom is -0.497 e. The lowest BCUT2D eigenvalue weighted by Crippen LogP contribution is -2.24. The van der Waals surface area contributed by atoms with E-state index >= 15 is 0 Å². The molecule has 2 aromatic carbocycles. The smallest absolute Gasteiger partial charge is 0.274 e. The van der Waals surface area contributed by atoms with Gasteiger partial charge in [0.15, 0.2) is 11.5 Å². The number of nitrogens with one attached hydrogen (secondary N) is 1. The molecule has 1 amide bonds. The molecule has 0 fully saturated rings. The van der Waals surface area contributed by atoms with Crippen molar-refractivity contribution in [1.82, 2.24) is 10.5 Å². The Morgan fingerprint density at radius 3 is 2.84 bits per heavy atom. The van der Waals surface area contributed by atoms with Crippen LogP contribution in [-0.2, 0) is 19.4 Å². The molecule has 0 saturated heterocycles. The van der Waals surface area contributed by atoms with Gasteiger partial charge in [0.05, 0.1) is 7.11 Å². The monoisotopic (exact) mass is 334 g/mol. The maximum Gasteiger partial charge on any atom is 0.274 e. The number of hydrogen-bond acceptors (Lipinski definition) is 4. The first kappa shape index (κ1) is 15.4. The van der Waals surface area contributed by atoms with Crippen molar-refractivity contribution in [3.8, 4) is 17.1 Å². The topological polar surface area (TPSA) is 64.4 Å². The molecule has 0 saturated carbocycles. The van der Waals surface area contributed by atoms with Crippen molar-refractivity contribution in [3.63, 3.8) is 0 Å². The van der Waals surface area contributed by atoms with E-state index in [9.17, 15) is 4.79 Å². The van der Waals surface area contributed by atoms with Gasteiger partial charge in [-0.3, -0.25) is 4.79 Å². The summed E-state index contributed by atoms with van der Waals surface area (Å²) >= 11 is 0. The molecule has 0 spiro atoms. The lowest BCUT2D eigenvalue weighted by Gasteiger charge is -2.15. The van der Waals surface area contributed by atoms with Crippen molar-refractivity contribution in [2.75, 3.05) is 7.11 Å². The molecule has 126 valence electrons. The Labute approximate surface area is 145 Å². The molecule has 1 N–H and O–H groups in total. The first-order chi connectivity index (χ1) is 12.3. The fraction of sp³-hybridized carbons (Fsp3) is 0.200. The Hall–Kier alpha value is -3.08. The number of ether oxygens (including phenoxy) is 1. The van der Waals surface area contributed by atoms with Gasteiger partial charge in [-0.2, -0.15) is 0 Å². The molecule has 0 atom stereocenters. The van der Waals surface area contributed by atoms with Crippen LogP contribution in [0, 0.1) is 0 Å². The number of nitrogens with zero attached hydrogens (tertiary/aromatic N) is 1. The van der Waals surface area contributed by atoms with Gasteiger partial charge in [-0.15, -0.1) is 0 Å². The van der Waals surface area contributed by atoms with Crippen LogP contribution in [0.3, 0.4) is 0 Å². The highest BCUT2D eigenvalue weighted by atomic mass is 16.5. The van der Waals surface area contributed by atoms with Gasteiger partial charge in [0, 0.05) is 17.7 Å². The first-order valence-corrected chi connectivity index (χ1v) is 8.24. The summed E-state index contributed by atoms with van der Waals surface area (Å²) in [6.07, 6.45) is 1.56. The minimum absolute atomic E-state index is 0.203. The predicted molar refractivity (Wildman–Crippen MR) is 93.5 cm³/mol. The predicted octanol–water partition coefficient (Wildman–Crippen LogP) is 3.38. The van der Waals surface area contributed by atoms with Crippen LogP contribution >= 0.6 is 0 Å². The van der Waals surface area contributed by atoms with Crippen LogP contribution < -0.4 is 10.1 Å². The van der Waals surface area contributed by atoms with Gasteiger partial charge < -0.3 is 14.6 Å². The molecule has 5 heteroatoms. The highest BCUT2D eigenvalue weighted by Crippen LogP contribution is 2.36. The molecule has 1 aromatic heterocycles. The number of aromatic nitrogens is 1. The maximum atomic E-state index is 12.5. The fourth-order valence-corrected chi connectivity index (χ4v) is 3.18. The zero-order valence-corrected chi connectivity index (χ0v) is 13.9. The summed E-state index contributed by atoms with van der Waals surface area (Å²) in [6, 6.07) is 15.7. The molecule has 0 radical (unpaired) electrons. The summed E-state index contributed by atoms with van der Waals surface area (Å²) < 4.78 is 10.8. The third-order valence-corrected chi connectivity index (χ3v) is 4.50. The molecule has 4 rings (SSSR count). The number of benzene rings is 2. The molecule has 25 heavy (non-hydrogen) atoms. The molecule has 1 aliphatic carbocycles. The van der Waals surface area contributed by atoms with E-state index in [0.29, 0.717) is 18.0 Å². The largest absolute Gasteiger partial charge is 0.497 e. The molecule has 5 nitrogen and oxygen atoms in total. The highest BCUT2D eigenvalue weighted by molar-refractivity contribution is 5.95. The number of methoxy groups -OCH3 is 1. The summed E-state index contributed by atoms with van der Waals surface area (Å²) in [5, 5.41) is 6.95. The maximum absolute atomic E-state index is 12.5. The molecule has 0 bridgehead atoms. The highest BCUT2D eigenvalue weighted by Gasteiger charge is 2.27. The second-order valence-electron chi connectivity index (χ2n) is 6.03. The van der Waals surface area contributed by atoms with Gasteiger partial charge in [-0.1, -0.05) is 35.5 Å². The average molecular weight is 334 g/mol. The van der Waals surface area contributed by atoms with E-state index < -0.39 is 0 Å². The van der Waals surface area contributed by atoms with E-state index in [1.165, 1.54) is 0 Å². The van der Waals surface area contributed by atoms with Crippen LogP contribution in [0.5, 0.6) is 5.75 Å². The number of hydrogen-bond donors (Lipinski definition) is 1. The lowest BCUT2D eigenvalue weighted by atomic mass is 9.89. The van der Waals surface area contributed by atoms with Crippen molar-refractivity contribution < 1.29 is 14.1 Å². The van der Waals surface area contributed by atoms with Gasteiger partial charge in [-0.05, 0) is 42.2 Å².